The minimum absolute atomic E-state index is 0.0909. The second-order valence-corrected chi connectivity index (χ2v) is 11.0. The van der Waals surface area contributed by atoms with Crippen molar-refractivity contribution >= 4 is 27.5 Å². The number of aryl methyl sites for hydroxylation is 2. The predicted molar refractivity (Wildman–Crippen MR) is 151 cm³/mol. The Hall–Kier alpha value is -3.65. The van der Waals surface area contributed by atoms with Crippen LogP contribution in [0.5, 0.6) is 0 Å². The predicted octanol–water partition coefficient (Wildman–Crippen LogP) is 4.70. The van der Waals surface area contributed by atoms with Gasteiger partial charge in [0.05, 0.1) is 10.6 Å². The molecular formula is C30H37N3O4S. The van der Waals surface area contributed by atoms with E-state index in [-0.39, 0.29) is 17.3 Å². The van der Waals surface area contributed by atoms with Crippen LogP contribution in [0.4, 0.5) is 5.69 Å². The number of amides is 2. The minimum Gasteiger partial charge on any atom is -0.355 e. The molecule has 7 nitrogen and oxygen atoms in total. The van der Waals surface area contributed by atoms with Gasteiger partial charge in [-0.1, -0.05) is 74.0 Å². The van der Waals surface area contributed by atoms with Gasteiger partial charge in [0.15, 0.2) is 0 Å². The number of likely N-dealkylation sites (N-methyl/N-ethyl adjacent to an activating group) is 1. The fourth-order valence-electron chi connectivity index (χ4n) is 4.25. The van der Waals surface area contributed by atoms with Crippen molar-refractivity contribution in [1.29, 1.82) is 0 Å². The first-order chi connectivity index (χ1) is 18.2. The highest BCUT2D eigenvalue weighted by atomic mass is 32.2. The lowest BCUT2D eigenvalue weighted by Crippen LogP contribution is -2.52. The first kappa shape index (κ1) is 28.9. The van der Waals surface area contributed by atoms with Gasteiger partial charge in [0, 0.05) is 13.1 Å². The van der Waals surface area contributed by atoms with Gasteiger partial charge in [-0.3, -0.25) is 13.9 Å². The van der Waals surface area contributed by atoms with E-state index in [1.807, 2.05) is 64.1 Å². The van der Waals surface area contributed by atoms with Gasteiger partial charge in [-0.2, -0.15) is 0 Å². The van der Waals surface area contributed by atoms with Crippen LogP contribution in [-0.4, -0.2) is 44.3 Å². The molecule has 0 fully saturated rings. The van der Waals surface area contributed by atoms with Gasteiger partial charge in [0.1, 0.15) is 12.6 Å². The molecule has 1 atom stereocenters. The number of nitrogens with one attached hydrogen (secondary N) is 1. The number of benzene rings is 3. The summed E-state index contributed by atoms with van der Waals surface area (Å²) in [6, 6.07) is 22.2. The van der Waals surface area contributed by atoms with Gasteiger partial charge in [-0.25, -0.2) is 8.42 Å². The van der Waals surface area contributed by atoms with Gasteiger partial charge in [-0.15, -0.1) is 0 Å². The zero-order valence-corrected chi connectivity index (χ0v) is 23.4. The molecule has 2 amide bonds. The van der Waals surface area contributed by atoms with Crippen molar-refractivity contribution in [2.75, 3.05) is 17.4 Å². The Balaban J connectivity index is 2.04. The van der Waals surface area contributed by atoms with Crippen LogP contribution in [0.15, 0.2) is 83.8 Å². The van der Waals surface area contributed by atoms with E-state index in [1.54, 1.807) is 30.3 Å². The fourth-order valence-corrected chi connectivity index (χ4v) is 5.68. The minimum atomic E-state index is -4.06. The Morgan fingerprint density at radius 3 is 2.00 bits per heavy atom. The lowest BCUT2D eigenvalue weighted by atomic mass is 10.1. The average molecular weight is 536 g/mol. The topological polar surface area (TPSA) is 86.8 Å². The smallest absolute Gasteiger partial charge is 0.264 e. The molecule has 3 aromatic carbocycles. The molecule has 0 heterocycles. The highest BCUT2D eigenvalue weighted by Gasteiger charge is 2.33. The molecule has 0 radical (unpaired) electrons. The largest absolute Gasteiger partial charge is 0.355 e. The third-order valence-corrected chi connectivity index (χ3v) is 8.24. The van der Waals surface area contributed by atoms with Crippen molar-refractivity contribution in [2.24, 2.45) is 0 Å². The molecule has 1 unspecified atom stereocenters. The summed E-state index contributed by atoms with van der Waals surface area (Å²) in [7, 11) is -4.06. The summed E-state index contributed by atoms with van der Waals surface area (Å²) in [5.41, 5.74) is 3.38. The zero-order chi connectivity index (χ0) is 27.7. The first-order valence-electron chi connectivity index (χ1n) is 13.0. The Morgan fingerprint density at radius 1 is 0.842 bits per heavy atom. The summed E-state index contributed by atoms with van der Waals surface area (Å²) in [6.45, 7) is 7.84. The molecule has 0 saturated carbocycles. The molecule has 0 spiro atoms. The molecule has 3 rings (SSSR count). The quantitative estimate of drug-likeness (QED) is 0.364. The van der Waals surface area contributed by atoms with Crippen LogP contribution in [-0.2, 0) is 32.6 Å². The maximum Gasteiger partial charge on any atom is 0.264 e. The molecule has 0 aliphatic heterocycles. The van der Waals surface area contributed by atoms with Gasteiger partial charge in [-0.05, 0) is 62.1 Å². The Bertz CT molecular complexity index is 1310. The van der Waals surface area contributed by atoms with Gasteiger partial charge in [0.2, 0.25) is 11.8 Å². The van der Waals surface area contributed by atoms with Crippen LogP contribution in [0.3, 0.4) is 0 Å². The molecule has 38 heavy (non-hydrogen) atoms. The molecule has 8 heteroatoms. The third-order valence-electron chi connectivity index (χ3n) is 6.45. The maximum atomic E-state index is 13.9. The van der Waals surface area contributed by atoms with Gasteiger partial charge in [0.25, 0.3) is 10.0 Å². The zero-order valence-electron chi connectivity index (χ0n) is 22.6. The van der Waals surface area contributed by atoms with Crippen molar-refractivity contribution in [1.82, 2.24) is 10.2 Å². The Kier molecular flexibility index (Phi) is 10.1. The van der Waals surface area contributed by atoms with Crippen molar-refractivity contribution < 1.29 is 18.0 Å². The van der Waals surface area contributed by atoms with E-state index in [4.69, 9.17) is 0 Å². The Labute approximate surface area is 226 Å². The maximum absolute atomic E-state index is 13.9. The lowest BCUT2D eigenvalue weighted by Gasteiger charge is -2.33. The van der Waals surface area contributed by atoms with E-state index < -0.39 is 28.5 Å². The first-order valence-corrected chi connectivity index (χ1v) is 14.4. The SMILES string of the molecule is CCNC(=O)C(CC)N(Cc1ccc(C)cc1)C(=O)CN(c1ccc(CC)cc1)S(=O)(=O)c1ccccc1. The number of anilines is 1. The van der Waals surface area contributed by atoms with Crippen LogP contribution in [0.25, 0.3) is 0 Å². The molecule has 1 N–H and O–H groups in total. The number of carbonyl (C=O) groups is 2. The van der Waals surface area contributed by atoms with Crippen LogP contribution in [0.2, 0.25) is 0 Å². The number of carbonyl (C=O) groups excluding carboxylic acids is 2. The highest BCUT2D eigenvalue weighted by Crippen LogP contribution is 2.25. The van der Waals surface area contributed by atoms with Gasteiger partial charge < -0.3 is 10.2 Å². The summed E-state index contributed by atoms with van der Waals surface area (Å²) in [5, 5.41) is 2.82. The van der Waals surface area contributed by atoms with Crippen LogP contribution < -0.4 is 9.62 Å². The summed E-state index contributed by atoms with van der Waals surface area (Å²) < 4.78 is 28.7. The van der Waals surface area contributed by atoms with E-state index in [1.165, 1.54) is 17.0 Å². The summed E-state index contributed by atoms with van der Waals surface area (Å²) >= 11 is 0. The second-order valence-electron chi connectivity index (χ2n) is 9.17. The lowest BCUT2D eigenvalue weighted by molar-refractivity contribution is -0.140. The number of hydrogen-bond donors (Lipinski definition) is 1. The van der Waals surface area contributed by atoms with Crippen molar-refractivity contribution in [3.63, 3.8) is 0 Å². The van der Waals surface area contributed by atoms with Crippen molar-refractivity contribution in [3.05, 3.63) is 95.6 Å². The highest BCUT2D eigenvalue weighted by molar-refractivity contribution is 7.92. The molecule has 0 aliphatic carbocycles. The van der Waals surface area contributed by atoms with Crippen LogP contribution >= 0.6 is 0 Å². The van der Waals surface area contributed by atoms with E-state index in [2.05, 4.69) is 5.32 Å². The fraction of sp³-hybridized carbons (Fsp3) is 0.333. The molecule has 3 aromatic rings. The number of hydrogen-bond acceptors (Lipinski definition) is 4. The average Bonchev–Trinajstić information content (AvgIpc) is 2.93. The van der Waals surface area contributed by atoms with Crippen LogP contribution in [0, 0.1) is 6.92 Å². The molecular weight excluding hydrogens is 498 g/mol. The van der Waals surface area contributed by atoms with Crippen molar-refractivity contribution in [2.45, 2.75) is 58.0 Å². The second kappa shape index (κ2) is 13.2. The molecule has 202 valence electrons. The third kappa shape index (κ3) is 7.01. The number of rotatable bonds is 12. The normalized spacial score (nSPS) is 12.0. The van der Waals surface area contributed by atoms with E-state index in [9.17, 15) is 18.0 Å². The number of nitrogens with zero attached hydrogens (tertiary/aromatic N) is 2. The summed E-state index contributed by atoms with van der Waals surface area (Å²) in [5.74, 6) is -0.719. The Morgan fingerprint density at radius 2 is 1.45 bits per heavy atom. The molecule has 0 saturated heterocycles. The van der Waals surface area contributed by atoms with Gasteiger partial charge >= 0.3 is 0 Å². The summed E-state index contributed by atoms with van der Waals surface area (Å²) in [4.78, 5) is 28.5. The van der Waals surface area contributed by atoms with E-state index >= 15 is 0 Å². The van der Waals surface area contributed by atoms with Crippen molar-refractivity contribution in [3.8, 4) is 0 Å². The molecule has 0 bridgehead atoms. The monoisotopic (exact) mass is 535 g/mol. The standard InChI is InChI=1S/C30H37N3O4S/c1-5-24-17-19-26(20-18-24)33(38(36,37)27-11-9-8-10-12-27)22-29(34)32(28(6-2)30(35)31-7-3)21-25-15-13-23(4)14-16-25/h8-20,28H,5-7,21-22H2,1-4H3,(H,31,35). The van der Waals surface area contributed by atoms with E-state index in [0.717, 1.165) is 27.4 Å². The van der Waals surface area contributed by atoms with E-state index in [0.29, 0.717) is 18.7 Å². The molecule has 0 aromatic heterocycles. The molecule has 0 aliphatic rings. The summed E-state index contributed by atoms with van der Waals surface area (Å²) in [6.07, 6.45) is 1.19. The number of sulfonamides is 1. The van der Waals surface area contributed by atoms with Crippen LogP contribution in [0.1, 0.15) is 43.9 Å².